The van der Waals surface area contributed by atoms with Gasteiger partial charge in [0, 0.05) is 43.3 Å². The van der Waals surface area contributed by atoms with E-state index in [0.717, 1.165) is 49.0 Å². The monoisotopic (exact) mass is 443 g/mol. The largest absolute Gasteiger partial charge is 0.495 e. The Balaban J connectivity index is 1.66. The van der Waals surface area contributed by atoms with Gasteiger partial charge in [0.05, 0.1) is 19.3 Å². The number of anilines is 1. The summed E-state index contributed by atoms with van der Waals surface area (Å²) in [7, 11) is 3.30. The van der Waals surface area contributed by atoms with Crippen molar-refractivity contribution in [2.75, 3.05) is 38.7 Å². The van der Waals surface area contributed by atoms with Crippen molar-refractivity contribution >= 4 is 29.2 Å². The number of methoxy groups -OCH3 is 1. The van der Waals surface area contributed by atoms with E-state index in [4.69, 9.17) is 21.3 Å². The lowest BCUT2D eigenvalue weighted by Gasteiger charge is -2.22. The average Bonchev–Trinajstić information content (AvgIpc) is 3.25. The Labute approximate surface area is 188 Å². The zero-order valence-electron chi connectivity index (χ0n) is 18.2. The first-order chi connectivity index (χ1) is 15.0. The number of hydrogen-bond acceptors (Lipinski definition) is 4. The number of amides is 1. The Hall–Kier alpha value is -2.93. The first-order valence-electron chi connectivity index (χ1n) is 10.5. The molecule has 0 aromatic heterocycles. The Morgan fingerprint density at radius 1 is 1.29 bits per heavy atom. The molecule has 166 valence electrons. The van der Waals surface area contributed by atoms with Gasteiger partial charge >= 0.3 is 0 Å². The third-order valence-electron chi connectivity index (χ3n) is 5.19. The average molecular weight is 444 g/mol. The van der Waals surface area contributed by atoms with Gasteiger partial charge in [0.2, 0.25) is 0 Å². The molecule has 2 aromatic carbocycles. The van der Waals surface area contributed by atoms with Crippen LogP contribution in [0.5, 0.6) is 5.75 Å². The lowest BCUT2D eigenvalue weighted by Crippen LogP contribution is -2.44. The third-order valence-corrected chi connectivity index (χ3v) is 5.43. The minimum Gasteiger partial charge on any atom is -0.495 e. The molecule has 0 bridgehead atoms. The van der Waals surface area contributed by atoms with Gasteiger partial charge < -0.3 is 25.6 Å². The van der Waals surface area contributed by atoms with Crippen molar-refractivity contribution in [2.45, 2.75) is 25.9 Å². The molecule has 1 atom stereocenters. The number of aliphatic imine (C=N–C) groups is 1. The van der Waals surface area contributed by atoms with Crippen molar-refractivity contribution in [3.63, 3.8) is 0 Å². The van der Waals surface area contributed by atoms with Crippen LogP contribution in [0, 0.1) is 0 Å². The molecule has 0 radical (unpaired) electrons. The zero-order chi connectivity index (χ0) is 22.2. The molecule has 1 aliphatic heterocycles. The smallest absolute Gasteiger partial charge is 0.251 e. The highest BCUT2D eigenvalue weighted by Gasteiger charge is 2.25. The number of hydrogen-bond donors (Lipinski definition) is 3. The van der Waals surface area contributed by atoms with E-state index in [1.54, 1.807) is 20.2 Å². The predicted octanol–water partition coefficient (Wildman–Crippen LogP) is 3.04. The summed E-state index contributed by atoms with van der Waals surface area (Å²) in [6, 6.07) is 13.5. The van der Waals surface area contributed by atoms with Gasteiger partial charge in [-0.1, -0.05) is 23.7 Å². The lowest BCUT2D eigenvalue weighted by molar-refractivity contribution is 0.0963. The van der Waals surface area contributed by atoms with E-state index in [0.29, 0.717) is 17.1 Å². The molecule has 1 unspecified atom stereocenters. The molecular formula is C23H30ClN5O2. The highest BCUT2D eigenvalue weighted by molar-refractivity contribution is 6.30. The number of carbonyl (C=O) groups is 1. The SMILES string of the molecule is CCNC(=NCc1cccc(C(=O)NC)c1)NC1CCN(c2cc(Cl)ccc2OC)C1. The summed E-state index contributed by atoms with van der Waals surface area (Å²) in [4.78, 5) is 18.9. The Morgan fingerprint density at radius 2 is 2.13 bits per heavy atom. The number of ether oxygens (including phenoxy) is 1. The van der Waals surface area contributed by atoms with Crippen LogP contribution in [0.15, 0.2) is 47.5 Å². The third kappa shape index (κ3) is 6.04. The number of carbonyl (C=O) groups excluding carboxylic acids is 1. The number of halogens is 1. The van der Waals surface area contributed by atoms with Gasteiger partial charge in [0.15, 0.2) is 5.96 Å². The van der Waals surface area contributed by atoms with Gasteiger partial charge in [-0.25, -0.2) is 4.99 Å². The summed E-state index contributed by atoms with van der Waals surface area (Å²) in [6.07, 6.45) is 0.978. The molecule has 3 rings (SSSR count). The number of nitrogens with zero attached hydrogens (tertiary/aromatic N) is 2. The molecule has 7 nitrogen and oxygen atoms in total. The molecule has 1 heterocycles. The molecular weight excluding hydrogens is 414 g/mol. The van der Waals surface area contributed by atoms with Crippen molar-refractivity contribution in [3.8, 4) is 5.75 Å². The lowest BCUT2D eigenvalue weighted by atomic mass is 10.1. The minimum absolute atomic E-state index is 0.0987. The van der Waals surface area contributed by atoms with Crippen molar-refractivity contribution in [3.05, 3.63) is 58.6 Å². The molecule has 0 saturated carbocycles. The van der Waals surface area contributed by atoms with Crippen LogP contribution in [0.1, 0.15) is 29.3 Å². The van der Waals surface area contributed by atoms with Crippen molar-refractivity contribution < 1.29 is 9.53 Å². The van der Waals surface area contributed by atoms with Crippen molar-refractivity contribution in [1.82, 2.24) is 16.0 Å². The molecule has 1 fully saturated rings. The van der Waals surface area contributed by atoms with Gasteiger partial charge in [-0.3, -0.25) is 4.79 Å². The molecule has 31 heavy (non-hydrogen) atoms. The van der Waals surface area contributed by atoms with Crippen LogP contribution in [0.3, 0.4) is 0 Å². The first kappa shape index (κ1) is 22.7. The summed E-state index contributed by atoms with van der Waals surface area (Å²) in [6.45, 7) is 5.03. The second kappa shape index (κ2) is 10.9. The first-order valence-corrected chi connectivity index (χ1v) is 10.9. The number of benzene rings is 2. The number of rotatable bonds is 7. The maximum Gasteiger partial charge on any atom is 0.251 e. The fourth-order valence-electron chi connectivity index (χ4n) is 3.65. The second-order valence-electron chi connectivity index (χ2n) is 7.37. The summed E-state index contributed by atoms with van der Waals surface area (Å²) < 4.78 is 5.50. The van der Waals surface area contributed by atoms with Gasteiger partial charge in [-0.15, -0.1) is 0 Å². The maximum absolute atomic E-state index is 11.9. The van der Waals surface area contributed by atoms with E-state index in [1.165, 1.54) is 0 Å². The predicted molar refractivity (Wildman–Crippen MR) is 126 cm³/mol. The second-order valence-corrected chi connectivity index (χ2v) is 7.80. The topological polar surface area (TPSA) is 78.0 Å². The molecule has 3 N–H and O–H groups in total. The van der Waals surface area contributed by atoms with E-state index in [1.807, 2.05) is 43.3 Å². The molecule has 1 saturated heterocycles. The number of nitrogens with one attached hydrogen (secondary N) is 3. The normalized spacial score (nSPS) is 16.2. The van der Waals surface area contributed by atoms with E-state index in [-0.39, 0.29) is 11.9 Å². The molecule has 1 amide bonds. The highest BCUT2D eigenvalue weighted by Crippen LogP contribution is 2.33. The summed E-state index contributed by atoms with van der Waals surface area (Å²) in [5.41, 5.74) is 2.62. The van der Waals surface area contributed by atoms with Crippen LogP contribution in [-0.2, 0) is 6.54 Å². The van der Waals surface area contributed by atoms with Crippen LogP contribution in [0.4, 0.5) is 5.69 Å². The van der Waals surface area contributed by atoms with E-state index in [2.05, 4.69) is 20.9 Å². The molecule has 1 aliphatic rings. The fraction of sp³-hybridized carbons (Fsp3) is 0.391. The van der Waals surface area contributed by atoms with E-state index >= 15 is 0 Å². The van der Waals surface area contributed by atoms with Crippen LogP contribution in [-0.4, -0.2) is 51.7 Å². The van der Waals surface area contributed by atoms with Gasteiger partial charge in [0.1, 0.15) is 5.75 Å². The minimum atomic E-state index is -0.0987. The molecule has 0 aliphatic carbocycles. The Bertz CT molecular complexity index is 934. The van der Waals surface area contributed by atoms with Crippen LogP contribution < -0.4 is 25.6 Å². The van der Waals surface area contributed by atoms with Crippen LogP contribution in [0.2, 0.25) is 5.02 Å². The van der Waals surface area contributed by atoms with Crippen LogP contribution >= 0.6 is 11.6 Å². The van der Waals surface area contributed by atoms with Gasteiger partial charge in [-0.2, -0.15) is 0 Å². The standard InChI is InChI=1S/C23H30ClN5O2/c1-4-26-23(27-14-16-6-5-7-17(12-16)22(30)25-2)28-19-10-11-29(15-19)20-13-18(24)8-9-21(20)31-3/h5-9,12-13,19H,4,10-11,14-15H2,1-3H3,(H,25,30)(H2,26,27,28). The summed E-state index contributed by atoms with van der Waals surface area (Å²) in [5.74, 6) is 1.48. The maximum atomic E-state index is 11.9. The van der Waals surface area contributed by atoms with Crippen molar-refractivity contribution in [1.29, 1.82) is 0 Å². The summed E-state index contributed by atoms with van der Waals surface area (Å²) in [5, 5.41) is 10.2. The van der Waals surface area contributed by atoms with E-state index < -0.39 is 0 Å². The van der Waals surface area contributed by atoms with Gasteiger partial charge in [0.25, 0.3) is 5.91 Å². The highest BCUT2D eigenvalue weighted by atomic mass is 35.5. The van der Waals surface area contributed by atoms with E-state index in [9.17, 15) is 4.79 Å². The van der Waals surface area contributed by atoms with Crippen LogP contribution in [0.25, 0.3) is 0 Å². The molecule has 8 heteroatoms. The molecule has 0 spiro atoms. The Kier molecular flexibility index (Phi) is 8.00. The molecule has 2 aromatic rings. The fourth-order valence-corrected chi connectivity index (χ4v) is 3.81. The Morgan fingerprint density at radius 3 is 2.87 bits per heavy atom. The summed E-state index contributed by atoms with van der Waals surface area (Å²) >= 11 is 6.20. The van der Waals surface area contributed by atoms with Crippen molar-refractivity contribution in [2.24, 2.45) is 4.99 Å². The van der Waals surface area contributed by atoms with Gasteiger partial charge in [-0.05, 0) is 49.2 Å². The zero-order valence-corrected chi connectivity index (χ0v) is 19.0. The quantitative estimate of drug-likeness (QED) is 0.453. The number of guanidine groups is 1.